The third kappa shape index (κ3) is 3.92. The summed E-state index contributed by atoms with van der Waals surface area (Å²) in [5.41, 5.74) is 0.866. The summed E-state index contributed by atoms with van der Waals surface area (Å²) >= 11 is 0. The molecule has 0 aromatic heterocycles. The summed E-state index contributed by atoms with van der Waals surface area (Å²) < 4.78 is 18.8. The zero-order chi connectivity index (χ0) is 16.3. The molecule has 1 amide bonds. The Morgan fingerprint density at radius 3 is 2.65 bits per heavy atom. The summed E-state index contributed by atoms with van der Waals surface area (Å²) in [6.07, 6.45) is 6.31. The number of nitrogens with zero attached hydrogens (tertiary/aromatic N) is 1. The van der Waals surface area contributed by atoms with Gasteiger partial charge >= 0.3 is 0 Å². The predicted octanol–water partition coefficient (Wildman–Crippen LogP) is 3.57. The highest BCUT2D eigenvalue weighted by molar-refractivity contribution is 5.82. The van der Waals surface area contributed by atoms with Crippen LogP contribution in [0.25, 0.3) is 0 Å². The van der Waals surface area contributed by atoms with Gasteiger partial charge < -0.3 is 9.64 Å². The molecule has 3 rings (SSSR count). The normalized spacial score (nSPS) is 24.4. The van der Waals surface area contributed by atoms with Crippen molar-refractivity contribution in [1.29, 1.82) is 0 Å². The first-order chi connectivity index (χ1) is 11.1. The minimum Gasteiger partial charge on any atom is -0.374 e. The van der Waals surface area contributed by atoms with Gasteiger partial charge in [0.25, 0.3) is 0 Å². The fourth-order valence-corrected chi connectivity index (χ4v) is 3.84. The van der Waals surface area contributed by atoms with Crippen LogP contribution in [0.15, 0.2) is 24.3 Å². The number of halogens is 1. The van der Waals surface area contributed by atoms with Crippen LogP contribution in [0.1, 0.15) is 44.6 Å². The molecular weight excluding hydrogens is 293 g/mol. The molecule has 1 aliphatic heterocycles. The molecule has 1 atom stereocenters. The van der Waals surface area contributed by atoms with Crippen molar-refractivity contribution in [3.05, 3.63) is 35.6 Å². The van der Waals surface area contributed by atoms with Gasteiger partial charge in [-0.3, -0.25) is 4.79 Å². The largest absolute Gasteiger partial charge is 0.374 e. The van der Waals surface area contributed by atoms with Gasteiger partial charge in [0.05, 0.1) is 12.7 Å². The van der Waals surface area contributed by atoms with Crippen molar-refractivity contribution in [1.82, 2.24) is 4.90 Å². The van der Waals surface area contributed by atoms with Gasteiger partial charge in [-0.15, -0.1) is 0 Å². The van der Waals surface area contributed by atoms with Gasteiger partial charge in [0.15, 0.2) is 0 Å². The van der Waals surface area contributed by atoms with E-state index < -0.39 is 0 Å². The Morgan fingerprint density at radius 1 is 1.26 bits per heavy atom. The smallest absolute Gasteiger partial charge is 0.228 e. The van der Waals surface area contributed by atoms with Gasteiger partial charge in [0.1, 0.15) is 5.82 Å². The van der Waals surface area contributed by atoms with E-state index in [1.807, 2.05) is 4.90 Å². The molecule has 0 spiro atoms. The number of amides is 1. The van der Waals surface area contributed by atoms with Crippen LogP contribution in [0, 0.1) is 11.2 Å². The van der Waals surface area contributed by atoms with E-state index in [1.54, 1.807) is 12.1 Å². The fraction of sp³-hybridized carbons (Fsp3) is 0.632. The van der Waals surface area contributed by atoms with Crippen molar-refractivity contribution in [2.45, 2.75) is 51.6 Å². The highest BCUT2D eigenvalue weighted by Gasteiger charge is 2.39. The topological polar surface area (TPSA) is 29.5 Å². The Kier molecular flexibility index (Phi) is 5.00. The van der Waals surface area contributed by atoms with Crippen LogP contribution in [0.2, 0.25) is 0 Å². The van der Waals surface area contributed by atoms with Crippen molar-refractivity contribution in [3.8, 4) is 0 Å². The first kappa shape index (κ1) is 16.4. The standard InChI is InChI=1S/C19H26FNO2/c1-19(9-3-2-4-10-19)18(22)21-11-12-23-17(14-21)13-15-5-7-16(20)8-6-15/h5-8,17H,2-4,9-14H2,1H3/t17-/m0/s1. The van der Waals surface area contributed by atoms with Crippen molar-refractivity contribution in [2.24, 2.45) is 5.41 Å². The number of rotatable bonds is 3. The quantitative estimate of drug-likeness (QED) is 0.852. The summed E-state index contributed by atoms with van der Waals surface area (Å²) in [6, 6.07) is 6.54. The Balaban J connectivity index is 1.61. The number of benzene rings is 1. The zero-order valence-corrected chi connectivity index (χ0v) is 13.9. The van der Waals surface area contributed by atoms with Crippen LogP contribution in [0.3, 0.4) is 0 Å². The van der Waals surface area contributed by atoms with Crippen LogP contribution in [0.5, 0.6) is 0 Å². The molecule has 0 bridgehead atoms. The predicted molar refractivity (Wildman–Crippen MR) is 87.6 cm³/mol. The second-order valence-corrected chi connectivity index (χ2v) is 7.20. The van der Waals surface area contributed by atoms with Crippen LogP contribution in [-0.2, 0) is 16.0 Å². The minimum atomic E-state index is -0.222. The number of morpholine rings is 1. The fourth-order valence-electron chi connectivity index (χ4n) is 3.84. The molecule has 0 unspecified atom stereocenters. The van der Waals surface area contributed by atoms with E-state index in [4.69, 9.17) is 4.74 Å². The maximum atomic E-state index is 13.0. The van der Waals surface area contributed by atoms with Crippen LogP contribution in [-0.4, -0.2) is 36.6 Å². The summed E-state index contributed by atoms with van der Waals surface area (Å²) in [4.78, 5) is 14.9. The number of ether oxygens (including phenoxy) is 1. The molecule has 23 heavy (non-hydrogen) atoms. The monoisotopic (exact) mass is 319 g/mol. The minimum absolute atomic E-state index is 0.00496. The first-order valence-electron chi connectivity index (χ1n) is 8.72. The molecule has 2 aliphatic rings. The van der Waals surface area contributed by atoms with Crippen molar-refractivity contribution < 1.29 is 13.9 Å². The average Bonchev–Trinajstić information content (AvgIpc) is 2.57. The van der Waals surface area contributed by atoms with Gasteiger partial charge in [0, 0.05) is 24.9 Å². The van der Waals surface area contributed by atoms with E-state index in [9.17, 15) is 9.18 Å². The van der Waals surface area contributed by atoms with Crippen molar-refractivity contribution in [3.63, 3.8) is 0 Å². The van der Waals surface area contributed by atoms with Gasteiger partial charge in [-0.2, -0.15) is 0 Å². The Labute approximate surface area is 137 Å². The Bertz CT molecular complexity index is 537. The average molecular weight is 319 g/mol. The molecule has 126 valence electrons. The third-order valence-corrected chi connectivity index (χ3v) is 5.28. The third-order valence-electron chi connectivity index (χ3n) is 5.28. The van der Waals surface area contributed by atoms with E-state index in [0.29, 0.717) is 25.6 Å². The van der Waals surface area contributed by atoms with E-state index >= 15 is 0 Å². The van der Waals surface area contributed by atoms with Gasteiger partial charge in [-0.05, 0) is 30.5 Å². The second-order valence-electron chi connectivity index (χ2n) is 7.20. The van der Waals surface area contributed by atoms with E-state index in [1.165, 1.54) is 18.6 Å². The molecule has 0 N–H and O–H groups in total. The molecule has 0 radical (unpaired) electrons. The molecule has 3 nitrogen and oxygen atoms in total. The molecular formula is C19H26FNO2. The Morgan fingerprint density at radius 2 is 1.96 bits per heavy atom. The van der Waals surface area contributed by atoms with Crippen molar-refractivity contribution >= 4 is 5.91 Å². The number of carbonyl (C=O) groups excluding carboxylic acids is 1. The Hall–Kier alpha value is -1.42. The summed E-state index contributed by atoms with van der Waals surface area (Å²) in [7, 11) is 0. The van der Waals surface area contributed by atoms with Gasteiger partial charge in [-0.25, -0.2) is 4.39 Å². The van der Waals surface area contributed by atoms with Crippen LogP contribution in [0.4, 0.5) is 4.39 Å². The van der Waals surface area contributed by atoms with E-state index in [2.05, 4.69) is 6.92 Å². The van der Waals surface area contributed by atoms with Crippen molar-refractivity contribution in [2.75, 3.05) is 19.7 Å². The van der Waals surface area contributed by atoms with Gasteiger partial charge in [0.2, 0.25) is 5.91 Å². The van der Waals surface area contributed by atoms with E-state index in [-0.39, 0.29) is 17.3 Å². The SMILES string of the molecule is CC1(C(=O)N2CCO[C@@H](Cc3ccc(F)cc3)C2)CCCCC1. The number of hydrogen-bond acceptors (Lipinski definition) is 2. The molecule has 1 aromatic rings. The molecule has 1 saturated carbocycles. The first-order valence-corrected chi connectivity index (χ1v) is 8.72. The molecule has 1 heterocycles. The lowest BCUT2D eigenvalue weighted by Crippen LogP contribution is -2.51. The summed E-state index contributed by atoms with van der Waals surface area (Å²) in [6.45, 7) is 4.05. The lowest BCUT2D eigenvalue weighted by atomic mass is 9.74. The zero-order valence-electron chi connectivity index (χ0n) is 13.9. The van der Waals surface area contributed by atoms with E-state index in [0.717, 1.165) is 37.7 Å². The maximum Gasteiger partial charge on any atom is 0.228 e. The van der Waals surface area contributed by atoms with Crippen LogP contribution < -0.4 is 0 Å². The number of hydrogen-bond donors (Lipinski definition) is 0. The molecule has 2 fully saturated rings. The summed E-state index contributed by atoms with van der Waals surface area (Å²) in [5, 5.41) is 0. The summed E-state index contributed by atoms with van der Waals surface area (Å²) in [5.74, 6) is 0.0740. The number of carbonyl (C=O) groups is 1. The maximum absolute atomic E-state index is 13.0. The lowest BCUT2D eigenvalue weighted by molar-refractivity contribution is -0.150. The highest BCUT2D eigenvalue weighted by Crippen LogP contribution is 2.37. The highest BCUT2D eigenvalue weighted by atomic mass is 19.1. The molecule has 1 aromatic carbocycles. The molecule has 1 saturated heterocycles. The molecule has 4 heteroatoms. The van der Waals surface area contributed by atoms with Gasteiger partial charge in [-0.1, -0.05) is 38.3 Å². The lowest BCUT2D eigenvalue weighted by Gasteiger charge is -2.40. The van der Waals surface area contributed by atoms with Crippen LogP contribution >= 0.6 is 0 Å². The second kappa shape index (κ2) is 7.00. The molecule has 1 aliphatic carbocycles.